The topological polar surface area (TPSA) is 62.3 Å². The van der Waals surface area contributed by atoms with Crippen LogP contribution in [0.2, 0.25) is 0 Å². The van der Waals surface area contributed by atoms with Crippen LogP contribution in [-0.2, 0) is 19.1 Å². The first kappa shape index (κ1) is 52.8. The molecule has 0 N–H and O–H groups in total. The molecular formula is C49H97N3O4. The minimum absolute atomic E-state index is 0.0831. The van der Waals surface area contributed by atoms with Crippen LogP contribution in [0.3, 0.4) is 0 Å². The van der Waals surface area contributed by atoms with Gasteiger partial charge in [-0.2, -0.15) is 0 Å². The molecule has 0 bridgehead atoms. The Kier molecular flexibility index (Phi) is 37.1. The Hall–Kier alpha value is -1.18. The summed E-state index contributed by atoms with van der Waals surface area (Å²) in [4.78, 5) is 33.6. The van der Waals surface area contributed by atoms with Crippen LogP contribution in [-0.4, -0.2) is 99.3 Å². The number of hydrogen-bond acceptors (Lipinski definition) is 7. The lowest BCUT2D eigenvalue weighted by molar-refractivity contribution is -0.145. The van der Waals surface area contributed by atoms with Crippen LogP contribution in [0.25, 0.3) is 0 Å². The third-order valence-corrected chi connectivity index (χ3v) is 12.4. The van der Waals surface area contributed by atoms with E-state index in [0.717, 1.165) is 39.3 Å². The van der Waals surface area contributed by atoms with Crippen molar-refractivity contribution in [3.8, 4) is 0 Å². The summed E-state index contributed by atoms with van der Waals surface area (Å²) in [5.41, 5.74) is 0. The molecule has 0 atom stereocenters. The van der Waals surface area contributed by atoms with Gasteiger partial charge in [-0.15, -0.1) is 0 Å². The van der Waals surface area contributed by atoms with Gasteiger partial charge in [0.05, 0.1) is 26.1 Å². The predicted molar refractivity (Wildman–Crippen MR) is 240 cm³/mol. The van der Waals surface area contributed by atoms with E-state index in [-0.39, 0.29) is 11.9 Å². The number of carbonyl (C=O) groups excluding carboxylic acids is 2. The van der Waals surface area contributed by atoms with Crippen LogP contribution in [0.4, 0.5) is 0 Å². The molecule has 1 rings (SSSR count). The molecule has 1 aliphatic rings. The highest BCUT2D eigenvalue weighted by molar-refractivity contribution is 5.70. The first-order chi connectivity index (χ1) is 27.4. The Morgan fingerprint density at radius 3 is 1.12 bits per heavy atom. The molecule has 0 aliphatic carbocycles. The first-order valence-corrected chi connectivity index (χ1v) is 24.9. The lowest BCUT2D eigenvalue weighted by Crippen LogP contribution is -2.47. The Morgan fingerprint density at radius 1 is 0.464 bits per heavy atom. The van der Waals surface area contributed by atoms with Gasteiger partial charge < -0.3 is 19.3 Å². The van der Waals surface area contributed by atoms with Crippen LogP contribution in [0.15, 0.2) is 0 Å². The van der Waals surface area contributed by atoms with E-state index in [1.54, 1.807) is 0 Å². The predicted octanol–water partition coefficient (Wildman–Crippen LogP) is 12.6. The third-order valence-electron chi connectivity index (χ3n) is 12.4. The van der Waals surface area contributed by atoms with Gasteiger partial charge in [0.1, 0.15) is 0 Å². The second-order valence-corrected chi connectivity index (χ2v) is 17.8. The highest BCUT2D eigenvalue weighted by atomic mass is 16.5. The smallest absolute Gasteiger partial charge is 0.307 e. The molecule has 56 heavy (non-hydrogen) atoms. The Bertz CT molecular complexity index is 776. The van der Waals surface area contributed by atoms with Crippen molar-refractivity contribution in [2.45, 2.75) is 220 Å². The van der Waals surface area contributed by atoms with Crippen molar-refractivity contribution in [2.24, 2.45) is 11.8 Å². The van der Waals surface area contributed by atoms with E-state index in [0.29, 0.717) is 51.0 Å². The summed E-state index contributed by atoms with van der Waals surface area (Å²) in [6, 6.07) is 0. The van der Waals surface area contributed by atoms with E-state index in [2.05, 4.69) is 49.4 Å². The molecule has 7 heteroatoms. The zero-order chi connectivity index (χ0) is 40.7. The second kappa shape index (κ2) is 39.3. The van der Waals surface area contributed by atoms with Crippen molar-refractivity contribution in [3.05, 3.63) is 0 Å². The van der Waals surface area contributed by atoms with Gasteiger partial charge in [0.25, 0.3) is 0 Å². The van der Waals surface area contributed by atoms with E-state index >= 15 is 0 Å². The molecule has 332 valence electrons. The third kappa shape index (κ3) is 32.7. The standard InChI is InChI=1S/C49H97N3O4/c1-6-10-14-18-22-26-30-46(31-27-23-19-15-11-7-2)44-55-48(53)34-36-51(42-43-52-40-38-50(5)39-41-52)37-35-49(54)56-45-47(32-28-24-20-16-12-8-3)33-29-25-21-17-13-9-4/h46-47H,6-45H2,1-5H3. The van der Waals surface area contributed by atoms with Gasteiger partial charge in [-0.05, 0) is 44.6 Å². The fraction of sp³-hybridized carbons (Fsp3) is 0.959. The van der Waals surface area contributed by atoms with Gasteiger partial charge in [0.15, 0.2) is 0 Å². The SMILES string of the molecule is CCCCCCCCC(CCCCCCCC)COC(=O)CCN(CCC(=O)OCC(CCCCCCCC)CCCCCCCC)CCN1CCN(C)CC1. The van der Waals surface area contributed by atoms with E-state index in [1.165, 1.54) is 180 Å². The number of ether oxygens (including phenoxy) is 2. The summed E-state index contributed by atoms with van der Waals surface area (Å²) in [7, 11) is 2.19. The molecule has 1 aliphatic heterocycles. The Morgan fingerprint density at radius 2 is 0.786 bits per heavy atom. The van der Waals surface area contributed by atoms with Gasteiger partial charge in [-0.25, -0.2) is 0 Å². The minimum atomic E-state index is -0.0831. The molecule has 1 fully saturated rings. The summed E-state index contributed by atoms with van der Waals surface area (Å²) in [6.45, 7) is 17.7. The summed E-state index contributed by atoms with van der Waals surface area (Å²) >= 11 is 0. The number of rotatable bonds is 41. The van der Waals surface area contributed by atoms with Crippen molar-refractivity contribution in [2.75, 3.05) is 72.6 Å². The van der Waals surface area contributed by atoms with E-state index in [1.807, 2.05) is 0 Å². The number of nitrogens with zero attached hydrogens (tertiary/aromatic N) is 3. The van der Waals surface area contributed by atoms with Crippen molar-refractivity contribution in [3.63, 3.8) is 0 Å². The summed E-state index contributed by atoms with van der Waals surface area (Å²) < 4.78 is 12.0. The zero-order valence-electron chi connectivity index (χ0n) is 38.4. The minimum Gasteiger partial charge on any atom is -0.465 e. The fourth-order valence-electron chi connectivity index (χ4n) is 8.23. The maximum absolute atomic E-state index is 13.2. The van der Waals surface area contributed by atoms with Gasteiger partial charge >= 0.3 is 11.9 Å². The van der Waals surface area contributed by atoms with E-state index < -0.39 is 0 Å². The average Bonchev–Trinajstić information content (AvgIpc) is 3.20. The van der Waals surface area contributed by atoms with Gasteiger partial charge in [0, 0.05) is 52.4 Å². The molecule has 0 unspecified atom stereocenters. The number of likely N-dealkylation sites (N-methyl/N-ethyl adjacent to an activating group) is 1. The Labute approximate surface area is 349 Å². The van der Waals surface area contributed by atoms with Crippen LogP contribution in [0.5, 0.6) is 0 Å². The van der Waals surface area contributed by atoms with E-state index in [9.17, 15) is 9.59 Å². The van der Waals surface area contributed by atoms with Crippen molar-refractivity contribution < 1.29 is 19.1 Å². The highest BCUT2D eigenvalue weighted by Crippen LogP contribution is 2.22. The highest BCUT2D eigenvalue weighted by Gasteiger charge is 2.19. The quantitative estimate of drug-likeness (QED) is 0.0451. The van der Waals surface area contributed by atoms with Gasteiger partial charge in [0.2, 0.25) is 0 Å². The largest absolute Gasteiger partial charge is 0.465 e. The van der Waals surface area contributed by atoms with E-state index in [4.69, 9.17) is 9.47 Å². The van der Waals surface area contributed by atoms with Gasteiger partial charge in [-0.1, -0.05) is 182 Å². The molecule has 0 aromatic heterocycles. The molecular weight excluding hydrogens is 695 g/mol. The van der Waals surface area contributed by atoms with Crippen LogP contribution in [0.1, 0.15) is 220 Å². The number of esters is 2. The maximum atomic E-state index is 13.2. The molecule has 0 spiro atoms. The average molecular weight is 792 g/mol. The van der Waals surface area contributed by atoms with Crippen molar-refractivity contribution >= 4 is 11.9 Å². The van der Waals surface area contributed by atoms with Crippen LogP contribution in [0, 0.1) is 11.8 Å². The Balaban J connectivity index is 2.66. The van der Waals surface area contributed by atoms with Crippen LogP contribution >= 0.6 is 0 Å². The molecule has 0 aromatic rings. The fourth-order valence-corrected chi connectivity index (χ4v) is 8.23. The number of piperazine rings is 1. The number of hydrogen-bond donors (Lipinski definition) is 0. The summed E-state index contributed by atoms with van der Waals surface area (Å²) in [5, 5.41) is 0. The molecule has 0 radical (unpaired) electrons. The first-order valence-electron chi connectivity index (χ1n) is 24.9. The molecule has 0 saturated carbocycles. The molecule has 1 heterocycles. The lowest BCUT2D eigenvalue weighted by Gasteiger charge is -2.34. The molecule has 7 nitrogen and oxygen atoms in total. The lowest BCUT2D eigenvalue weighted by atomic mass is 9.94. The van der Waals surface area contributed by atoms with Crippen molar-refractivity contribution in [1.82, 2.24) is 14.7 Å². The second-order valence-electron chi connectivity index (χ2n) is 17.8. The number of carbonyl (C=O) groups is 2. The number of unbranched alkanes of at least 4 members (excludes halogenated alkanes) is 20. The van der Waals surface area contributed by atoms with Crippen LogP contribution < -0.4 is 0 Å². The molecule has 0 amide bonds. The van der Waals surface area contributed by atoms with Crippen molar-refractivity contribution in [1.29, 1.82) is 0 Å². The molecule has 0 aromatic carbocycles. The monoisotopic (exact) mass is 792 g/mol. The maximum Gasteiger partial charge on any atom is 0.307 e. The summed E-state index contributed by atoms with van der Waals surface area (Å²) in [5.74, 6) is 0.788. The zero-order valence-corrected chi connectivity index (χ0v) is 38.4. The van der Waals surface area contributed by atoms with Gasteiger partial charge in [-0.3, -0.25) is 14.5 Å². The normalized spacial score (nSPS) is 14.1. The summed E-state index contributed by atoms with van der Waals surface area (Å²) in [6.07, 6.45) is 36.8. The molecule has 1 saturated heterocycles.